The second kappa shape index (κ2) is 1.84. The maximum absolute atomic E-state index is 10.2. The van der Waals surface area contributed by atoms with Crippen molar-refractivity contribution in [1.82, 2.24) is 0 Å². The molecule has 0 bridgehead atoms. The summed E-state index contributed by atoms with van der Waals surface area (Å²) >= 11 is 10.4. The van der Waals surface area contributed by atoms with E-state index in [1.165, 1.54) is 0 Å². The molecule has 0 N–H and O–H groups in total. The van der Waals surface area contributed by atoms with E-state index in [-0.39, 0.29) is 10.2 Å². The van der Waals surface area contributed by atoms with Crippen molar-refractivity contribution < 1.29 is 4.79 Å². The minimum atomic E-state index is -0.573. The molecule has 1 rings (SSSR count). The minimum Gasteiger partial charge on any atom is -0.264 e. The fourth-order valence-electron chi connectivity index (χ4n) is 0.265. The second-order valence-electron chi connectivity index (χ2n) is 1.11. The minimum absolute atomic E-state index is 0.0309. The van der Waals surface area contributed by atoms with Crippen LogP contribution in [0.2, 0.25) is 0 Å². The molecule has 0 saturated carbocycles. The highest BCUT2D eigenvalue weighted by molar-refractivity contribution is 6.48. The molecule has 0 spiro atoms. The highest BCUT2D eigenvalue weighted by atomic mass is 35.5. The van der Waals surface area contributed by atoms with Gasteiger partial charge in [0.25, 0.3) is 0 Å². The van der Waals surface area contributed by atoms with E-state index in [0.717, 1.165) is 0 Å². The van der Waals surface area contributed by atoms with Gasteiger partial charge in [-0.05, 0) is 0 Å². The van der Waals surface area contributed by atoms with Crippen molar-refractivity contribution in [2.75, 3.05) is 0 Å². The second-order valence-corrected chi connectivity index (χ2v) is 1.85. The van der Waals surface area contributed by atoms with Gasteiger partial charge in [-0.25, -0.2) is 0 Å². The summed E-state index contributed by atoms with van der Waals surface area (Å²) in [7, 11) is 0. The Morgan fingerprint density at radius 1 is 1.25 bits per heavy atom. The molecular weight excluding hydrogens is 151 g/mol. The molecule has 0 aromatic rings. The van der Waals surface area contributed by atoms with Gasteiger partial charge in [-0.1, -0.05) is 23.2 Å². The summed E-state index contributed by atoms with van der Waals surface area (Å²) in [5, 5.41) is 6.10. The third-order valence-electron chi connectivity index (χ3n) is 0.598. The lowest BCUT2D eigenvalue weighted by Gasteiger charge is -1.76. The average molecular weight is 151 g/mol. The molecule has 5 heteroatoms. The smallest absolute Gasteiger partial charge is 0.264 e. The predicted octanol–water partition coefficient (Wildman–Crippen LogP) is 1.63. The fraction of sp³-hybridized carbons (Fsp3) is 0. The van der Waals surface area contributed by atoms with Crippen molar-refractivity contribution >= 4 is 29.1 Å². The van der Waals surface area contributed by atoms with E-state index in [2.05, 4.69) is 10.2 Å². The van der Waals surface area contributed by atoms with Gasteiger partial charge in [0.1, 0.15) is 5.03 Å². The maximum Gasteiger partial charge on any atom is 0.310 e. The third kappa shape index (κ3) is 0.743. The van der Waals surface area contributed by atoms with Crippen LogP contribution in [0.5, 0.6) is 0 Å². The molecule has 0 atom stereocenters. The normalized spacial score (nSPS) is 18.5. The highest BCUT2D eigenvalue weighted by Crippen LogP contribution is 2.22. The number of carbonyl (C=O) groups excluding carboxylic acids is 1. The van der Waals surface area contributed by atoms with Crippen molar-refractivity contribution in [3.63, 3.8) is 0 Å². The standard InChI is InChI=1S/C3Cl2N2O/c4-1-2(5)6-7-3(1)8. The van der Waals surface area contributed by atoms with Gasteiger partial charge in [-0.3, -0.25) is 4.79 Å². The van der Waals surface area contributed by atoms with Crippen molar-refractivity contribution in [3.05, 3.63) is 10.2 Å². The Bertz CT molecular complexity index is 191. The molecule has 0 unspecified atom stereocenters. The monoisotopic (exact) mass is 150 g/mol. The first kappa shape index (κ1) is 5.72. The number of hydrogen-bond donors (Lipinski definition) is 0. The highest BCUT2D eigenvalue weighted by Gasteiger charge is 2.16. The summed E-state index contributed by atoms with van der Waals surface area (Å²) < 4.78 is 0. The molecule has 0 radical (unpaired) electrons. The van der Waals surface area contributed by atoms with Gasteiger partial charge in [0, 0.05) is 0 Å². The van der Waals surface area contributed by atoms with Gasteiger partial charge in [0.15, 0.2) is 5.16 Å². The maximum atomic E-state index is 10.2. The quantitative estimate of drug-likeness (QED) is 0.485. The van der Waals surface area contributed by atoms with Crippen molar-refractivity contribution in [1.29, 1.82) is 0 Å². The lowest BCUT2D eigenvalue weighted by molar-refractivity contribution is -0.113. The van der Waals surface area contributed by atoms with Crippen LogP contribution in [-0.4, -0.2) is 5.91 Å². The summed E-state index contributed by atoms with van der Waals surface area (Å²) in [6, 6.07) is 0. The molecule has 3 nitrogen and oxygen atoms in total. The van der Waals surface area contributed by atoms with Gasteiger partial charge in [0.05, 0.1) is 0 Å². The van der Waals surface area contributed by atoms with Crippen molar-refractivity contribution in [2.24, 2.45) is 10.2 Å². The molecule has 0 aliphatic carbocycles. The van der Waals surface area contributed by atoms with Crippen LogP contribution in [-0.2, 0) is 4.79 Å². The molecule has 0 aromatic carbocycles. The van der Waals surface area contributed by atoms with Crippen LogP contribution in [0.25, 0.3) is 0 Å². The molecule has 0 fully saturated rings. The Morgan fingerprint density at radius 3 is 2.00 bits per heavy atom. The number of carbonyl (C=O) groups is 1. The molecule has 0 aromatic heterocycles. The van der Waals surface area contributed by atoms with Crippen LogP contribution < -0.4 is 0 Å². The molecule has 1 aliphatic heterocycles. The Labute approximate surface area is 55.0 Å². The lowest BCUT2D eigenvalue weighted by Crippen LogP contribution is -1.84. The Kier molecular flexibility index (Phi) is 1.31. The van der Waals surface area contributed by atoms with E-state index in [0.29, 0.717) is 0 Å². The third-order valence-corrected chi connectivity index (χ3v) is 1.30. The zero-order valence-electron chi connectivity index (χ0n) is 3.56. The largest absolute Gasteiger partial charge is 0.310 e. The van der Waals surface area contributed by atoms with Crippen LogP contribution in [0.1, 0.15) is 0 Å². The van der Waals surface area contributed by atoms with E-state index >= 15 is 0 Å². The van der Waals surface area contributed by atoms with Gasteiger partial charge in [-0.2, -0.15) is 0 Å². The number of hydrogen-bond acceptors (Lipinski definition) is 2. The van der Waals surface area contributed by atoms with E-state index in [1.807, 2.05) is 0 Å². The van der Waals surface area contributed by atoms with E-state index in [4.69, 9.17) is 23.2 Å². The molecule has 1 aliphatic rings. The van der Waals surface area contributed by atoms with Gasteiger partial charge in [-0.15, -0.1) is 10.2 Å². The van der Waals surface area contributed by atoms with E-state index in [1.54, 1.807) is 0 Å². The van der Waals surface area contributed by atoms with E-state index < -0.39 is 5.91 Å². The Hall–Kier alpha value is -0.410. The van der Waals surface area contributed by atoms with Crippen LogP contribution in [0, 0.1) is 0 Å². The summed E-state index contributed by atoms with van der Waals surface area (Å²) in [5.41, 5.74) is 0. The molecule has 1 heterocycles. The van der Waals surface area contributed by atoms with Crippen LogP contribution in [0.15, 0.2) is 20.4 Å². The first-order valence-electron chi connectivity index (χ1n) is 1.73. The number of amides is 1. The number of nitrogens with zero attached hydrogens (tertiary/aromatic N) is 2. The summed E-state index contributed by atoms with van der Waals surface area (Å²) in [5.74, 6) is -0.573. The van der Waals surface area contributed by atoms with Crippen molar-refractivity contribution in [2.45, 2.75) is 0 Å². The van der Waals surface area contributed by atoms with E-state index in [9.17, 15) is 4.79 Å². The zero-order chi connectivity index (χ0) is 6.15. The van der Waals surface area contributed by atoms with Crippen LogP contribution in [0.3, 0.4) is 0 Å². The summed E-state index contributed by atoms with van der Waals surface area (Å²) in [4.78, 5) is 10.2. The molecule has 1 amide bonds. The predicted molar refractivity (Wildman–Crippen MR) is 28.6 cm³/mol. The first-order chi connectivity index (χ1) is 3.72. The molecule has 8 heavy (non-hydrogen) atoms. The number of rotatable bonds is 0. The van der Waals surface area contributed by atoms with Crippen LogP contribution in [0.4, 0.5) is 0 Å². The Balaban J connectivity index is 3.02. The van der Waals surface area contributed by atoms with Gasteiger partial charge >= 0.3 is 5.91 Å². The number of azo groups is 1. The van der Waals surface area contributed by atoms with Gasteiger partial charge < -0.3 is 0 Å². The SMILES string of the molecule is O=C1N=NC(Cl)=C1Cl. The van der Waals surface area contributed by atoms with Crippen LogP contribution >= 0.6 is 23.2 Å². The number of halogens is 2. The van der Waals surface area contributed by atoms with Crippen molar-refractivity contribution in [3.8, 4) is 0 Å². The fourth-order valence-corrected chi connectivity index (χ4v) is 0.460. The topological polar surface area (TPSA) is 41.8 Å². The molecule has 0 saturated heterocycles. The average Bonchev–Trinajstić information content (AvgIpc) is 1.98. The zero-order valence-corrected chi connectivity index (χ0v) is 5.07. The lowest BCUT2D eigenvalue weighted by atomic mass is 10.6. The summed E-state index contributed by atoms with van der Waals surface area (Å²) in [6.45, 7) is 0. The summed E-state index contributed by atoms with van der Waals surface area (Å²) in [6.07, 6.45) is 0. The van der Waals surface area contributed by atoms with Gasteiger partial charge in [0.2, 0.25) is 0 Å². The first-order valence-corrected chi connectivity index (χ1v) is 2.49. The molecule has 42 valence electrons. The Morgan fingerprint density at radius 2 is 1.88 bits per heavy atom. The molecular formula is C3Cl2N2O.